The quantitative estimate of drug-likeness (QED) is 0.510. The van der Waals surface area contributed by atoms with Crippen molar-refractivity contribution in [1.82, 2.24) is 9.88 Å². The molecule has 1 aliphatic heterocycles. The average Bonchev–Trinajstić information content (AvgIpc) is 2.77. The number of piperazine rings is 1. The number of para-hydroxylation sites is 1. The van der Waals surface area contributed by atoms with E-state index in [1.165, 1.54) is 16.5 Å². The molecule has 1 saturated heterocycles. The molecule has 0 N–H and O–H groups in total. The molecule has 0 radical (unpaired) electrons. The van der Waals surface area contributed by atoms with Gasteiger partial charge in [-0.3, -0.25) is 0 Å². The summed E-state index contributed by atoms with van der Waals surface area (Å²) in [5.41, 5.74) is 3.24. The Morgan fingerprint density at radius 2 is 1.62 bits per heavy atom. The largest absolute Gasteiger partial charge is 0.487 e. The highest BCUT2D eigenvalue weighted by Gasteiger charge is 2.16. The molecular formula is C25H25N3O. The Bertz CT molecular complexity index is 1150. The van der Waals surface area contributed by atoms with Gasteiger partial charge in [0.1, 0.15) is 12.4 Å². The molecule has 0 saturated carbocycles. The van der Waals surface area contributed by atoms with Gasteiger partial charge in [0.25, 0.3) is 0 Å². The lowest BCUT2D eigenvalue weighted by molar-refractivity contribution is 0.302. The molecule has 29 heavy (non-hydrogen) atoms. The van der Waals surface area contributed by atoms with Gasteiger partial charge < -0.3 is 14.5 Å². The Labute approximate surface area is 171 Å². The summed E-state index contributed by atoms with van der Waals surface area (Å²) in [6, 6.07) is 25.2. The summed E-state index contributed by atoms with van der Waals surface area (Å²) < 4.78 is 6.12. The Balaban J connectivity index is 1.39. The number of benzene rings is 3. The third-order valence-corrected chi connectivity index (χ3v) is 5.72. The monoisotopic (exact) mass is 383 g/mol. The van der Waals surface area contributed by atoms with Crippen LogP contribution in [0.5, 0.6) is 5.75 Å². The summed E-state index contributed by atoms with van der Waals surface area (Å²) in [6.07, 6.45) is 0. The van der Waals surface area contributed by atoms with Gasteiger partial charge in [-0.25, -0.2) is 4.98 Å². The fraction of sp³-hybridized carbons (Fsp3) is 0.240. The van der Waals surface area contributed by atoms with Gasteiger partial charge in [-0.2, -0.15) is 0 Å². The second-order valence-electron chi connectivity index (χ2n) is 7.73. The standard InChI is InChI=1S/C25H25N3O/c1-27-13-15-28(16-14-27)25-8-4-6-19-10-12-22(17-23(19)25)29-18-21-11-9-20-5-2-3-7-24(20)26-21/h2-12,17H,13-16,18H2,1H3. The number of pyridine rings is 1. The molecular weight excluding hydrogens is 358 g/mol. The van der Waals surface area contributed by atoms with Crippen molar-refractivity contribution in [3.8, 4) is 5.75 Å². The van der Waals surface area contributed by atoms with Crippen LogP contribution < -0.4 is 9.64 Å². The summed E-state index contributed by atoms with van der Waals surface area (Å²) >= 11 is 0. The molecule has 0 atom stereocenters. The zero-order valence-corrected chi connectivity index (χ0v) is 16.7. The number of aromatic nitrogens is 1. The third kappa shape index (κ3) is 3.76. The Morgan fingerprint density at radius 3 is 2.52 bits per heavy atom. The van der Waals surface area contributed by atoms with Crippen molar-refractivity contribution in [2.75, 3.05) is 38.1 Å². The molecule has 3 aromatic carbocycles. The van der Waals surface area contributed by atoms with Gasteiger partial charge in [-0.05, 0) is 42.8 Å². The summed E-state index contributed by atoms with van der Waals surface area (Å²) in [6.45, 7) is 4.77. The van der Waals surface area contributed by atoms with Crippen LogP contribution in [0, 0.1) is 0 Å². The average molecular weight is 383 g/mol. The zero-order chi connectivity index (χ0) is 19.6. The number of ether oxygens (including phenoxy) is 1. The van der Waals surface area contributed by atoms with Gasteiger partial charge >= 0.3 is 0 Å². The van der Waals surface area contributed by atoms with Crippen LogP contribution in [0.4, 0.5) is 5.69 Å². The number of fused-ring (bicyclic) bond motifs is 2. The number of hydrogen-bond donors (Lipinski definition) is 0. The summed E-state index contributed by atoms with van der Waals surface area (Å²) in [4.78, 5) is 9.58. The number of likely N-dealkylation sites (N-methyl/N-ethyl adjacent to an activating group) is 1. The lowest BCUT2D eigenvalue weighted by Crippen LogP contribution is -2.44. The predicted octanol–water partition coefficient (Wildman–Crippen LogP) is 4.72. The number of anilines is 1. The molecule has 1 fully saturated rings. The molecule has 4 aromatic rings. The lowest BCUT2D eigenvalue weighted by Gasteiger charge is -2.34. The highest BCUT2D eigenvalue weighted by Crippen LogP contribution is 2.31. The highest BCUT2D eigenvalue weighted by atomic mass is 16.5. The second kappa shape index (κ2) is 7.72. The van der Waals surface area contributed by atoms with Crippen LogP contribution in [0.1, 0.15) is 5.69 Å². The lowest BCUT2D eigenvalue weighted by atomic mass is 10.1. The third-order valence-electron chi connectivity index (χ3n) is 5.72. The van der Waals surface area contributed by atoms with Crippen molar-refractivity contribution in [2.24, 2.45) is 0 Å². The van der Waals surface area contributed by atoms with E-state index in [4.69, 9.17) is 9.72 Å². The molecule has 5 rings (SSSR count). The van der Waals surface area contributed by atoms with Crippen LogP contribution in [-0.2, 0) is 6.61 Å². The van der Waals surface area contributed by atoms with E-state index in [-0.39, 0.29) is 0 Å². The fourth-order valence-corrected chi connectivity index (χ4v) is 3.99. The van der Waals surface area contributed by atoms with Crippen molar-refractivity contribution in [1.29, 1.82) is 0 Å². The summed E-state index contributed by atoms with van der Waals surface area (Å²) in [5, 5.41) is 3.65. The van der Waals surface area contributed by atoms with E-state index in [0.29, 0.717) is 6.61 Å². The van der Waals surface area contributed by atoms with Gasteiger partial charge in [-0.15, -0.1) is 0 Å². The molecule has 4 nitrogen and oxygen atoms in total. The van der Waals surface area contributed by atoms with Crippen LogP contribution >= 0.6 is 0 Å². The first kappa shape index (κ1) is 18.0. The maximum Gasteiger partial charge on any atom is 0.130 e. The fourth-order valence-electron chi connectivity index (χ4n) is 3.99. The van der Waals surface area contributed by atoms with Crippen molar-refractivity contribution < 1.29 is 4.74 Å². The number of nitrogens with zero attached hydrogens (tertiary/aromatic N) is 3. The molecule has 1 aromatic heterocycles. The van der Waals surface area contributed by atoms with Gasteiger partial charge in [-0.1, -0.05) is 42.5 Å². The van der Waals surface area contributed by atoms with E-state index in [1.807, 2.05) is 24.3 Å². The van der Waals surface area contributed by atoms with Gasteiger partial charge in [0, 0.05) is 42.6 Å². The smallest absolute Gasteiger partial charge is 0.130 e. The molecule has 0 aliphatic carbocycles. The minimum atomic E-state index is 0.465. The Kier molecular flexibility index (Phi) is 4.78. The SMILES string of the molecule is CN1CCN(c2cccc3ccc(OCc4ccc5ccccc5n4)cc23)CC1. The van der Waals surface area contributed by atoms with Crippen LogP contribution in [-0.4, -0.2) is 43.1 Å². The van der Waals surface area contributed by atoms with E-state index in [2.05, 4.69) is 65.4 Å². The minimum Gasteiger partial charge on any atom is -0.487 e. The normalized spacial score (nSPS) is 15.1. The highest BCUT2D eigenvalue weighted by molar-refractivity contribution is 5.95. The second-order valence-corrected chi connectivity index (χ2v) is 7.73. The van der Waals surface area contributed by atoms with Crippen LogP contribution in [0.3, 0.4) is 0 Å². The van der Waals surface area contributed by atoms with Crippen LogP contribution in [0.15, 0.2) is 72.8 Å². The first-order chi connectivity index (χ1) is 14.3. The first-order valence-corrected chi connectivity index (χ1v) is 10.2. The molecule has 0 unspecified atom stereocenters. The molecule has 0 spiro atoms. The Hall–Kier alpha value is -3.11. The molecule has 0 bridgehead atoms. The van der Waals surface area contributed by atoms with Gasteiger partial charge in [0.15, 0.2) is 0 Å². The first-order valence-electron chi connectivity index (χ1n) is 10.2. The summed E-state index contributed by atoms with van der Waals surface area (Å²) in [5.74, 6) is 0.883. The summed E-state index contributed by atoms with van der Waals surface area (Å²) in [7, 11) is 2.19. The van der Waals surface area contributed by atoms with Gasteiger partial charge in [0.05, 0.1) is 11.2 Å². The predicted molar refractivity (Wildman–Crippen MR) is 120 cm³/mol. The minimum absolute atomic E-state index is 0.465. The van der Waals surface area contributed by atoms with Crippen LogP contribution in [0.25, 0.3) is 21.7 Å². The molecule has 2 heterocycles. The van der Waals surface area contributed by atoms with Crippen molar-refractivity contribution in [3.63, 3.8) is 0 Å². The maximum atomic E-state index is 6.12. The molecule has 146 valence electrons. The van der Waals surface area contributed by atoms with E-state index in [0.717, 1.165) is 48.5 Å². The van der Waals surface area contributed by atoms with E-state index >= 15 is 0 Å². The van der Waals surface area contributed by atoms with Crippen LogP contribution in [0.2, 0.25) is 0 Å². The van der Waals surface area contributed by atoms with E-state index in [9.17, 15) is 0 Å². The molecule has 4 heteroatoms. The molecule has 0 amide bonds. The molecule has 1 aliphatic rings. The van der Waals surface area contributed by atoms with Gasteiger partial charge in [0.2, 0.25) is 0 Å². The van der Waals surface area contributed by atoms with Crippen molar-refractivity contribution in [2.45, 2.75) is 6.61 Å². The topological polar surface area (TPSA) is 28.6 Å². The maximum absolute atomic E-state index is 6.12. The van der Waals surface area contributed by atoms with Crippen molar-refractivity contribution >= 4 is 27.4 Å². The van der Waals surface area contributed by atoms with E-state index in [1.54, 1.807) is 0 Å². The zero-order valence-electron chi connectivity index (χ0n) is 16.7. The number of rotatable bonds is 4. The number of hydrogen-bond acceptors (Lipinski definition) is 4. The Morgan fingerprint density at radius 1 is 0.828 bits per heavy atom. The van der Waals surface area contributed by atoms with Crippen molar-refractivity contribution in [3.05, 3.63) is 78.5 Å². The van der Waals surface area contributed by atoms with E-state index < -0.39 is 0 Å².